The maximum Gasteiger partial charge on any atom is 0.332 e. The summed E-state index contributed by atoms with van der Waals surface area (Å²) in [5, 5.41) is 0. The molecule has 2 aromatic rings. The molecule has 0 unspecified atom stereocenters. The molecule has 1 aromatic carbocycles. The number of hydrogen-bond acceptors (Lipinski definition) is 3. The van der Waals surface area contributed by atoms with Crippen molar-refractivity contribution < 1.29 is 4.79 Å². The van der Waals surface area contributed by atoms with Gasteiger partial charge < -0.3 is 0 Å². The molecule has 1 heterocycles. The Hall–Kier alpha value is -2.43. The summed E-state index contributed by atoms with van der Waals surface area (Å²) in [5.41, 5.74) is -0.661. The predicted octanol–water partition coefficient (Wildman–Crippen LogP) is 0.728. The van der Waals surface area contributed by atoms with E-state index < -0.39 is 11.2 Å². The number of rotatable bonds is 2. The van der Waals surface area contributed by atoms with Gasteiger partial charge in [-0.05, 0) is 19.1 Å². The second kappa shape index (κ2) is 4.21. The number of nitrogens with zero attached hydrogens (tertiary/aromatic N) is 1. The Morgan fingerprint density at radius 2 is 1.82 bits per heavy atom. The summed E-state index contributed by atoms with van der Waals surface area (Å²) in [4.78, 5) is 36.3. The molecule has 0 aliphatic carbocycles. The van der Waals surface area contributed by atoms with Gasteiger partial charge in [0.25, 0.3) is 5.56 Å². The highest BCUT2D eigenvalue weighted by molar-refractivity contribution is 5.93. The first-order chi connectivity index (χ1) is 8.09. The van der Waals surface area contributed by atoms with Gasteiger partial charge in [-0.3, -0.25) is 19.1 Å². The van der Waals surface area contributed by atoms with Crippen LogP contribution in [0.5, 0.6) is 0 Å². The fourth-order valence-corrected chi connectivity index (χ4v) is 1.50. The Kier molecular flexibility index (Phi) is 2.74. The van der Waals surface area contributed by atoms with Crippen LogP contribution < -0.4 is 11.2 Å². The van der Waals surface area contributed by atoms with Crippen molar-refractivity contribution in [2.45, 2.75) is 6.92 Å². The second-order valence-electron chi connectivity index (χ2n) is 3.56. The molecule has 0 saturated carbocycles. The normalized spacial score (nSPS) is 10.2. The van der Waals surface area contributed by atoms with E-state index in [1.54, 1.807) is 24.3 Å². The molecule has 0 atom stereocenters. The van der Waals surface area contributed by atoms with Crippen LogP contribution in [0.2, 0.25) is 0 Å². The zero-order valence-corrected chi connectivity index (χ0v) is 9.14. The highest BCUT2D eigenvalue weighted by atomic mass is 16.2. The fourth-order valence-electron chi connectivity index (χ4n) is 1.50. The van der Waals surface area contributed by atoms with Crippen molar-refractivity contribution in [2.75, 3.05) is 0 Å². The van der Waals surface area contributed by atoms with Crippen LogP contribution in [-0.4, -0.2) is 15.3 Å². The van der Waals surface area contributed by atoms with E-state index >= 15 is 0 Å². The van der Waals surface area contributed by atoms with Gasteiger partial charge in [-0.25, -0.2) is 4.79 Å². The molecule has 5 heteroatoms. The number of H-pyrrole nitrogens is 1. The van der Waals surface area contributed by atoms with Crippen LogP contribution in [0.4, 0.5) is 0 Å². The van der Waals surface area contributed by atoms with Gasteiger partial charge in [-0.1, -0.05) is 18.2 Å². The Morgan fingerprint density at radius 3 is 2.41 bits per heavy atom. The number of aromatic nitrogens is 2. The third-order valence-electron chi connectivity index (χ3n) is 2.36. The van der Waals surface area contributed by atoms with E-state index in [0.717, 1.165) is 0 Å². The number of benzene rings is 1. The minimum atomic E-state index is -0.658. The van der Waals surface area contributed by atoms with Crippen molar-refractivity contribution in [1.29, 1.82) is 0 Å². The quantitative estimate of drug-likeness (QED) is 0.773. The lowest BCUT2D eigenvalue weighted by Gasteiger charge is -2.05. The number of Topliss-reactive ketones (excluding diaryl/α,β-unsaturated/α-hetero) is 1. The standard InChI is InChI=1S/C12H10N2O3/c1-8(15)10-7-14(12(17)13-11(10)16)9-5-3-2-4-6-9/h2-7H,1H3,(H,13,16,17). The lowest BCUT2D eigenvalue weighted by atomic mass is 10.2. The number of aromatic amines is 1. The Bertz CT molecular complexity index is 668. The molecule has 1 N–H and O–H groups in total. The average Bonchev–Trinajstić information content (AvgIpc) is 2.29. The van der Waals surface area contributed by atoms with Gasteiger partial charge in [-0.2, -0.15) is 0 Å². The molecular weight excluding hydrogens is 220 g/mol. The van der Waals surface area contributed by atoms with Gasteiger partial charge in [0.15, 0.2) is 5.78 Å². The first-order valence-corrected chi connectivity index (χ1v) is 5.02. The highest BCUT2D eigenvalue weighted by Gasteiger charge is 2.09. The minimum Gasteiger partial charge on any atom is -0.294 e. The zero-order chi connectivity index (χ0) is 12.4. The van der Waals surface area contributed by atoms with Crippen LogP contribution in [0.3, 0.4) is 0 Å². The Labute approximate surface area is 96.4 Å². The maximum atomic E-state index is 11.6. The van der Waals surface area contributed by atoms with Crippen molar-refractivity contribution in [3.8, 4) is 5.69 Å². The highest BCUT2D eigenvalue weighted by Crippen LogP contribution is 2.03. The third kappa shape index (κ3) is 2.08. The van der Waals surface area contributed by atoms with Gasteiger partial charge >= 0.3 is 5.69 Å². The van der Waals surface area contributed by atoms with Crippen molar-refractivity contribution in [2.24, 2.45) is 0 Å². The smallest absolute Gasteiger partial charge is 0.294 e. The van der Waals surface area contributed by atoms with Gasteiger partial charge in [0.1, 0.15) is 0 Å². The summed E-state index contributed by atoms with van der Waals surface area (Å²) in [6.45, 7) is 1.28. The van der Waals surface area contributed by atoms with E-state index in [-0.39, 0.29) is 11.3 Å². The largest absolute Gasteiger partial charge is 0.332 e. The average molecular weight is 230 g/mol. The molecule has 0 radical (unpaired) electrons. The summed E-state index contributed by atoms with van der Waals surface area (Å²) in [5.74, 6) is -0.379. The van der Waals surface area contributed by atoms with E-state index in [2.05, 4.69) is 4.98 Å². The molecule has 1 aromatic heterocycles. The zero-order valence-electron chi connectivity index (χ0n) is 9.14. The summed E-state index contributed by atoms with van der Waals surface area (Å²) < 4.78 is 1.23. The molecule has 86 valence electrons. The second-order valence-corrected chi connectivity index (χ2v) is 3.56. The molecule has 0 aliphatic rings. The predicted molar refractivity (Wildman–Crippen MR) is 62.7 cm³/mol. The molecular formula is C12H10N2O3. The SMILES string of the molecule is CC(=O)c1cn(-c2ccccc2)c(=O)[nH]c1=O. The number of carbonyl (C=O) groups excluding carboxylic acids is 1. The monoisotopic (exact) mass is 230 g/mol. The first-order valence-electron chi connectivity index (χ1n) is 5.02. The van der Waals surface area contributed by atoms with Crippen LogP contribution in [0.15, 0.2) is 46.1 Å². The van der Waals surface area contributed by atoms with E-state index in [9.17, 15) is 14.4 Å². The topological polar surface area (TPSA) is 71.9 Å². The number of ketones is 1. The van der Waals surface area contributed by atoms with Gasteiger partial charge in [0.05, 0.1) is 11.3 Å². The summed E-state index contributed by atoms with van der Waals surface area (Å²) in [6.07, 6.45) is 1.26. The van der Waals surface area contributed by atoms with E-state index in [4.69, 9.17) is 0 Å². The molecule has 0 fully saturated rings. The van der Waals surface area contributed by atoms with Crippen molar-refractivity contribution in [3.63, 3.8) is 0 Å². The Morgan fingerprint density at radius 1 is 1.18 bits per heavy atom. The molecule has 17 heavy (non-hydrogen) atoms. The molecule has 0 aliphatic heterocycles. The lowest BCUT2D eigenvalue weighted by molar-refractivity contribution is 0.101. The van der Waals surface area contributed by atoms with Crippen LogP contribution in [0.1, 0.15) is 17.3 Å². The van der Waals surface area contributed by atoms with Crippen LogP contribution in [-0.2, 0) is 0 Å². The van der Waals surface area contributed by atoms with E-state index in [1.165, 1.54) is 17.7 Å². The summed E-state index contributed by atoms with van der Waals surface area (Å²) in [7, 11) is 0. The number of nitrogens with one attached hydrogen (secondary N) is 1. The lowest BCUT2D eigenvalue weighted by Crippen LogP contribution is -2.31. The fraction of sp³-hybridized carbons (Fsp3) is 0.0833. The van der Waals surface area contributed by atoms with Crippen LogP contribution in [0, 0.1) is 0 Å². The molecule has 2 rings (SSSR count). The molecule has 0 amide bonds. The van der Waals surface area contributed by atoms with Gasteiger partial charge in [0, 0.05) is 6.20 Å². The maximum absolute atomic E-state index is 11.6. The molecule has 5 nitrogen and oxygen atoms in total. The summed E-state index contributed by atoms with van der Waals surface area (Å²) in [6, 6.07) is 8.76. The molecule has 0 saturated heterocycles. The molecule has 0 bridgehead atoms. The van der Waals surface area contributed by atoms with E-state index in [0.29, 0.717) is 5.69 Å². The Balaban J connectivity index is 2.72. The third-order valence-corrected chi connectivity index (χ3v) is 2.36. The van der Waals surface area contributed by atoms with Crippen LogP contribution in [0.25, 0.3) is 5.69 Å². The number of para-hydroxylation sites is 1. The number of carbonyl (C=O) groups is 1. The van der Waals surface area contributed by atoms with Crippen molar-refractivity contribution >= 4 is 5.78 Å². The summed E-state index contributed by atoms with van der Waals surface area (Å²) >= 11 is 0. The van der Waals surface area contributed by atoms with Crippen molar-refractivity contribution in [3.05, 3.63) is 62.9 Å². The first kappa shape index (κ1) is 11.1. The van der Waals surface area contributed by atoms with Crippen LogP contribution >= 0.6 is 0 Å². The van der Waals surface area contributed by atoms with Gasteiger partial charge in [-0.15, -0.1) is 0 Å². The molecule has 0 spiro atoms. The minimum absolute atomic E-state index is 0.0338. The van der Waals surface area contributed by atoms with Gasteiger partial charge in [0.2, 0.25) is 0 Å². The van der Waals surface area contributed by atoms with E-state index in [1.807, 2.05) is 6.07 Å². The number of hydrogen-bond donors (Lipinski definition) is 1. The van der Waals surface area contributed by atoms with Crippen molar-refractivity contribution in [1.82, 2.24) is 9.55 Å².